The second kappa shape index (κ2) is 8.83. The standard InChI is InChI=1S/C19H24BrN5O3/c1-4-28-11-5-10-21-18-22-16-15(17(26)24(3)19(27)23(16)2)25(18)12-13-6-8-14(20)9-7-13/h6-9,15H,4-5,10-12H2,1-3H3/p+1. The zero-order chi connectivity index (χ0) is 20.3. The minimum Gasteiger partial charge on any atom is -0.382 e. The summed E-state index contributed by atoms with van der Waals surface area (Å²) in [5.74, 6) is 0.783. The Morgan fingerprint density at radius 3 is 2.61 bits per heavy atom. The van der Waals surface area contributed by atoms with E-state index in [4.69, 9.17) is 4.74 Å². The molecule has 0 bridgehead atoms. The smallest absolute Gasteiger partial charge is 0.382 e. The molecule has 2 heterocycles. The van der Waals surface area contributed by atoms with Gasteiger partial charge in [0.05, 0.1) is 13.1 Å². The van der Waals surface area contributed by atoms with Crippen molar-refractivity contribution < 1.29 is 18.9 Å². The molecular formula is C19H25BrN5O3+. The summed E-state index contributed by atoms with van der Waals surface area (Å²) in [6, 6.07) is 6.94. The van der Waals surface area contributed by atoms with Gasteiger partial charge < -0.3 is 4.74 Å². The quantitative estimate of drug-likeness (QED) is 0.505. The summed E-state index contributed by atoms with van der Waals surface area (Å²) in [4.78, 5) is 32.3. The number of hydrogen-bond donors (Lipinski definition) is 1. The second-order valence-electron chi connectivity index (χ2n) is 6.67. The molecule has 8 nitrogen and oxygen atoms in total. The molecule has 150 valence electrons. The van der Waals surface area contributed by atoms with Gasteiger partial charge in [0.1, 0.15) is 0 Å². The zero-order valence-corrected chi connectivity index (χ0v) is 17.9. The molecule has 0 radical (unpaired) electrons. The van der Waals surface area contributed by atoms with Gasteiger partial charge in [-0.25, -0.2) is 9.37 Å². The molecule has 1 aromatic rings. The number of urea groups is 1. The topological polar surface area (TPSA) is 77.2 Å². The van der Waals surface area contributed by atoms with E-state index in [0.717, 1.165) is 21.4 Å². The van der Waals surface area contributed by atoms with E-state index in [-0.39, 0.29) is 11.9 Å². The first kappa shape index (κ1) is 20.5. The monoisotopic (exact) mass is 450 g/mol. The first-order valence-electron chi connectivity index (χ1n) is 9.27. The molecule has 1 aromatic carbocycles. The maximum absolute atomic E-state index is 12.9. The first-order chi connectivity index (χ1) is 13.4. The predicted molar refractivity (Wildman–Crippen MR) is 109 cm³/mol. The van der Waals surface area contributed by atoms with Crippen molar-refractivity contribution in [3.8, 4) is 0 Å². The van der Waals surface area contributed by atoms with Crippen molar-refractivity contribution in [2.24, 2.45) is 4.99 Å². The predicted octanol–water partition coefficient (Wildman–Crippen LogP) is 1.64. The fourth-order valence-electron chi connectivity index (χ4n) is 3.21. The average molecular weight is 451 g/mol. The Morgan fingerprint density at radius 2 is 1.93 bits per heavy atom. The van der Waals surface area contributed by atoms with Gasteiger partial charge in [0.15, 0.2) is 0 Å². The number of halogens is 1. The molecule has 28 heavy (non-hydrogen) atoms. The summed E-state index contributed by atoms with van der Waals surface area (Å²) in [6.07, 6.45) is 0.821. The number of aliphatic imine (C=N–C) groups is 1. The normalized spacial score (nSPS) is 19.3. The first-order valence-corrected chi connectivity index (χ1v) is 10.1. The van der Waals surface area contributed by atoms with Crippen molar-refractivity contribution in [1.82, 2.24) is 15.1 Å². The Bertz CT molecular complexity index is 821. The molecule has 0 spiro atoms. The number of benzene rings is 1. The minimum atomic E-state index is -0.620. The van der Waals surface area contributed by atoms with Crippen molar-refractivity contribution in [3.63, 3.8) is 0 Å². The lowest BCUT2D eigenvalue weighted by Crippen LogP contribution is -2.61. The summed E-state index contributed by atoms with van der Waals surface area (Å²) < 4.78 is 8.28. The summed E-state index contributed by atoms with van der Waals surface area (Å²) in [6.45, 7) is 4.47. The maximum Gasteiger partial charge on any atom is 0.390 e. The molecule has 1 N–H and O–H groups in total. The van der Waals surface area contributed by atoms with Crippen molar-refractivity contribution in [3.05, 3.63) is 34.3 Å². The van der Waals surface area contributed by atoms with E-state index in [9.17, 15) is 9.59 Å². The lowest BCUT2D eigenvalue weighted by atomic mass is 10.1. The maximum atomic E-state index is 12.9. The number of nitrogens with one attached hydrogen (secondary N) is 1. The number of amidine groups is 1. The third kappa shape index (κ3) is 4.10. The molecule has 0 saturated carbocycles. The van der Waals surface area contributed by atoms with E-state index in [1.165, 1.54) is 11.9 Å². The second-order valence-corrected chi connectivity index (χ2v) is 7.58. The third-order valence-electron chi connectivity index (χ3n) is 4.75. The molecule has 2 aliphatic rings. The highest BCUT2D eigenvalue weighted by atomic mass is 79.9. The fraction of sp³-hybridized carbons (Fsp3) is 0.474. The van der Waals surface area contributed by atoms with E-state index in [0.29, 0.717) is 38.1 Å². The summed E-state index contributed by atoms with van der Waals surface area (Å²) in [5.41, 5.74) is 1.04. The van der Waals surface area contributed by atoms with E-state index in [1.54, 1.807) is 7.05 Å². The number of imide groups is 1. The van der Waals surface area contributed by atoms with Crippen LogP contribution in [0.3, 0.4) is 0 Å². The average Bonchev–Trinajstić information content (AvgIpc) is 3.04. The van der Waals surface area contributed by atoms with E-state index in [1.807, 2.05) is 35.8 Å². The van der Waals surface area contributed by atoms with E-state index >= 15 is 0 Å². The largest absolute Gasteiger partial charge is 0.390 e. The molecule has 1 unspecified atom stereocenters. The summed E-state index contributed by atoms with van der Waals surface area (Å²) in [5, 5.41) is 3.31. The number of guanidine groups is 1. The van der Waals surface area contributed by atoms with E-state index < -0.39 is 6.04 Å². The van der Waals surface area contributed by atoms with Crippen LogP contribution in [0.5, 0.6) is 0 Å². The lowest BCUT2D eigenvalue weighted by molar-refractivity contribution is -0.553. The Hall–Kier alpha value is -2.26. The zero-order valence-electron chi connectivity index (χ0n) is 16.3. The molecule has 3 amide bonds. The van der Waals surface area contributed by atoms with Crippen LogP contribution in [0.1, 0.15) is 18.9 Å². The Balaban J connectivity index is 1.87. The lowest BCUT2D eigenvalue weighted by Gasteiger charge is -2.31. The van der Waals surface area contributed by atoms with Crippen molar-refractivity contribution in [2.75, 3.05) is 33.9 Å². The van der Waals surface area contributed by atoms with Crippen LogP contribution in [0.15, 0.2) is 33.7 Å². The van der Waals surface area contributed by atoms with Gasteiger partial charge in [-0.3, -0.25) is 19.9 Å². The minimum absolute atomic E-state index is 0.273. The molecule has 2 aliphatic heterocycles. The number of likely N-dealkylation sites (N-methyl/N-ethyl adjacent to an activating group) is 2. The molecule has 9 heteroatoms. The van der Waals surface area contributed by atoms with Gasteiger partial charge in [0, 0.05) is 38.2 Å². The van der Waals surface area contributed by atoms with Gasteiger partial charge in [0.25, 0.3) is 5.91 Å². The number of carbonyl (C=O) groups is 2. The van der Waals surface area contributed by atoms with Gasteiger partial charge in [0.2, 0.25) is 11.9 Å². The number of rotatable bonds is 7. The molecular weight excluding hydrogens is 426 g/mol. The van der Waals surface area contributed by atoms with Gasteiger partial charge in [-0.1, -0.05) is 33.1 Å². The highest BCUT2D eigenvalue weighted by Gasteiger charge is 2.51. The van der Waals surface area contributed by atoms with Crippen LogP contribution in [-0.2, 0) is 16.1 Å². The summed E-state index contributed by atoms with van der Waals surface area (Å²) >= 11 is 3.44. The van der Waals surface area contributed by atoms with Crippen LogP contribution >= 0.6 is 15.9 Å². The Kier molecular flexibility index (Phi) is 6.46. The van der Waals surface area contributed by atoms with E-state index in [2.05, 4.69) is 26.2 Å². The molecule has 1 fully saturated rings. The molecule has 0 aliphatic carbocycles. The van der Waals surface area contributed by atoms with Gasteiger partial charge >= 0.3 is 12.0 Å². The molecule has 0 aromatic heterocycles. The van der Waals surface area contributed by atoms with Gasteiger partial charge in [-0.15, -0.1) is 0 Å². The fourth-order valence-corrected chi connectivity index (χ4v) is 3.48. The van der Waals surface area contributed by atoms with Crippen LogP contribution in [0.25, 0.3) is 0 Å². The number of ether oxygens (including phenoxy) is 1. The van der Waals surface area contributed by atoms with Gasteiger partial charge in [-0.05, 0) is 24.6 Å². The highest BCUT2D eigenvalue weighted by Crippen LogP contribution is 2.20. The van der Waals surface area contributed by atoms with Gasteiger partial charge in [-0.2, -0.15) is 0 Å². The number of nitrogens with zero attached hydrogens (tertiary/aromatic N) is 4. The van der Waals surface area contributed by atoms with Crippen LogP contribution in [0, 0.1) is 0 Å². The molecule has 1 saturated heterocycles. The van der Waals surface area contributed by atoms with Crippen LogP contribution in [0.4, 0.5) is 4.79 Å². The highest BCUT2D eigenvalue weighted by molar-refractivity contribution is 9.10. The summed E-state index contributed by atoms with van der Waals surface area (Å²) in [7, 11) is 3.15. The number of carbonyl (C=O) groups excluding carboxylic acids is 2. The molecule has 1 atom stereocenters. The Morgan fingerprint density at radius 1 is 1.21 bits per heavy atom. The van der Waals surface area contributed by atoms with Crippen LogP contribution in [0.2, 0.25) is 0 Å². The molecule has 3 rings (SSSR count). The van der Waals surface area contributed by atoms with Crippen molar-refractivity contribution >= 4 is 39.7 Å². The SMILES string of the molecule is CCOCCCNC1=[N+](Cc2ccc(Br)cc2)C2C(=O)N(C)C(=O)N(C)C2=N1. The number of amides is 3. The van der Waals surface area contributed by atoms with Crippen molar-refractivity contribution in [2.45, 2.75) is 25.9 Å². The van der Waals surface area contributed by atoms with Crippen LogP contribution in [-0.4, -0.2) is 78.0 Å². The Labute approximate surface area is 173 Å². The number of fused-ring (bicyclic) bond motifs is 1. The third-order valence-corrected chi connectivity index (χ3v) is 5.28. The van der Waals surface area contributed by atoms with Crippen LogP contribution < -0.4 is 5.32 Å². The van der Waals surface area contributed by atoms with Crippen molar-refractivity contribution in [1.29, 1.82) is 0 Å². The number of hydrogen-bond acceptors (Lipinski definition) is 5.